The third-order valence-corrected chi connectivity index (χ3v) is 2.66. The minimum absolute atomic E-state index is 0.125. The molecule has 16 heavy (non-hydrogen) atoms. The summed E-state index contributed by atoms with van der Waals surface area (Å²) < 4.78 is 0. The minimum Gasteiger partial charge on any atom is -0.326 e. The SMILES string of the molecule is CCCCCC(=O)Nc1ccc(C)cc1C. The summed E-state index contributed by atoms with van der Waals surface area (Å²) in [7, 11) is 0. The Balaban J connectivity index is 2.49. The summed E-state index contributed by atoms with van der Waals surface area (Å²) in [5, 5.41) is 2.96. The molecule has 1 N–H and O–H groups in total. The van der Waals surface area contributed by atoms with E-state index in [1.807, 2.05) is 19.1 Å². The highest BCUT2D eigenvalue weighted by Crippen LogP contribution is 2.16. The molecule has 1 amide bonds. The zero-order chi connectivity index (χ0) is 12.0. The quantitative estimate of drug-likeness (QED) is 0.749. The number of hydrogen-bond donors (Lipinski definition) is 1. The first-order valence-electron chi connectivity index (χ1n) is 6.00. The number of nitrogens with one attached hydrogen (secondary N) is 1. The second-order valence-corrected chi connectivity index (χ2v) is 4.32. The molecule has 88 valence electrons. The Kier molecular flexibility index (Phi) is 5.03. The maximum Gasteiger partial charge on any atom is 0.224 e. The van der Waals surface area contributed by atoms with Crippen LogP contribution in [-0.4, -0.2) is 5.91 Å². The number of benzene rings is 1. The van der Waals surface area contributed by atoms with Crippen LogP contribution in [0.5, 0.6) is 0 Å². The fourth-order valence-electron chi connectivity index (χ4n) is 1.70. The van der Waals surface area contributed by atoms with E-state index >= 15 is 0 Å². The number of hydrogen-bond acceptors (Lipinski definition) is 1. The van der Waals surface area contributed by atoms with E-state index in [0.29, 0.717) is 6.42 Å². The van der Waals surface area contributed by atoms with Gasteiger partial charge in [0.15, 0.2) is 0 Å². The van der Waals surface area contributed by atoms with Crippen LogP contribution in [0, 0.1) is 13.8 Å². The van der Waals surface area contributed by atoms with E-state index in [2.05, 4.69) is 25.2 Å². The van der Waals surface area contributed by atoms with Gasteiger partial charge in [-0.2, -0.15) is 0 Å². The van der Waals surface area contributed by atoms with Gasteiger partial charge in [0.2, 0.25) is 5.91 Å². The van der Waals surface area contributed by atoms with Crippen LogP contribution in [-0.2, 0) is 4.79 Å². The lowest BCUT2D eigenvalue weighted by Crippen LogP contribution is -2.11. The first kappa shape index (κ1) is 12.8. The molecule has 0 spiro atoms. The number of aryl methyl sites for hydroxylation is 2. The normalized spacial score (nSPS) is 10.2. The van der Waals surface area contributed by atoms with Crippen molar-refractivity contribution in [2.45, 2.75) is 46.5 Å². The van der Waals surface area contributed by atoms with Crippen molar-refractivity contribution in [1.82, 2.24) is 0 Å². The number of carbonyl (C=O) groups is 1. The number of anilines is 1. The molecular weight excluding hydrogens is 198 g/mol. The molecule has 0 radical (unpaired) electrons. The summed E-state index contributed by atoms with van der Waals surface area (Å²) in [6.45, 7) is 6.22. The van der Waals surface area contributed by atoms with E-state index in [-0.39, 0.29) is 5.91 Å². The van der Waals surface area contributed by atoms with Crippen molar-refractivity contribution >= 4 is 11.6 Å². The Morgan fingerprint density at radius 3 is 2.62 bits per heavy atom. The van der Waals surface area contributed by atoms with Gasteiger partial charge in [0.1, 0.15) is 0 Å². The maximum atomic E-state index is 11.6. The average Bonchev–Trinajstić information content (AvgIpc) is 2.23. The molecule has 0 heterocycles. The van der Waals surface area contributed by atoms with E-state index in [9.17, 15) is 4.79 Å². The third kappa shape index (κ3) is 4.05. The zero-order valence-corrected chi connectivity index (χ0v) is 10.5. The Hall–Kier alpha value is -1.31. The summed E-state index contributed by atoms with van der Waals surface area (Å²) in [5.74, 6) is 0.125. The van der Waals surface area contributed by atoms with Crippen LogP contribution in [0.4, 0.5) is 5.69 Å². The summed E-state index contributed by atoms with van der Waals surface area (Å²) in [5.41, 5.74) is 3.29. The number of amides is 1. The van der Waals surface area contributed by atoms with Crippen LogP contribution in [0.1, 0.15) is 43.7 Å². The van der Waals surface area contributed by atoms with E-state index in [1.165, 1.54) is 5.56 Å². The van der Waals surface area contributed by atoms with Crippen LogP contribution in [0.25, 0.3) is 0 Å². The van der Waals surface area contributed by atoms with Crippen molar-refractivity contribution in [3.63, 3.8) is 0 Å². The molecule has 0 saturated heterocycles. The molecule has 0 unspecified atom stereocenters. The molecule has 0 aliphatic carbocycles. The lowest BCUT2D eigenvalue weighted by molar-refractivity contribution is -0.116. The molecule has 0 aromatic heterocycles. The van der Waals surface area contributed by atoms with Gasteiger partial charge in [0.05, 0.1) is 0 Å². The van der Waals surface area contributed by atoms with Crippen molar-refractivity contribution < 1.29 is 4.79 Å². The van der Waals surface area contributed by atoms with Crippen LogP contribution in [0.3, 0.4) is 0 Å². The molecular formula is C14H21NO. The molecule has 0 aliphatic heterocycles. The van der Waals surface area contributed by atoms with Gasteiger partial charge >= 0.3 is 0 Å². The second kappa shape index (κ2) is 6.31. The highest BCUT2D eigenvalue weighted by atomic mass is 16.1. The molecule has 0 aliphatic rings. The van der Waals surface area contributed by atoms with Crippen LogP contribution in [0.15, 0.2) is 18.2 Å². The van der Waals surface area contributed by atoms with Crippen LogP contribution in [0.2, 0.25) is 0 Å². The molecule has 1 aromatic rings. The topological polar surface area (TPSA) is 29.1 Å². The first-order valence-corrected chi connectivity index (χ1v) is 6.00. The van der Waals surface area contributed by atoms with Gasteiger partial charge in [-0.05, 0) is 31.9 Å². The molecule has 2 nitrogen and oxygen atoms in total. The first-order chi connectivity index (χ1) is 7.63. The van der Waals surface area contributed by atoms with Gasteiger partial charge in [-0.15, -0.1) is 0 Å². The summed E-state index contributed by atoms with van der Waals surface area (Å²) in [4.78, 5) is 11.6. The Bertz CT molecular complexity index is 358. The fraction of sp³-hybridized carbons (Fsp3) is 0.500. The van der Waals surface area contributed by atoms with Crippen LogP contribution < -0.4 is 5.32 Å². The smallest absolute Gasteiger partial charge is 0.224 e. The molecule has 0 atom stereocenters. The van der Waals surface area contributed by atoms with Gasteiger partial charge in [0, 0.05) is 12.1 Å². The van der Waals surface area contributed by atoms with E-state index < -0.39 is 0 Å². The molecule has 0 bridgehead atoms. The predicted molar refractivity (Wildman–Crippen MR) is 68.7 cm³/mol. The highest BCUT2D eigenvalue weighted by molar-refractivity contribution is 5.91. The Morgan fingerprint density at radius 2 is 2.00 bits per heavy atom. The van der Waals surface area contributed by atoms with Crippen molar-refractivity contribution in [2.75, 3.05) is 5.32 Å². The van der Waals surface area contributed by atoms with Crippen molar-refractivity contribution in [1.29, 1.82) is 0 Å². The fourth-order valence-corrected chi connectivity index (χ4v) is 1.70. The van der Waals surface area contributed by atoms with Gasteiger partial charge in [-0.1, -0.05) is 37.5 Å². The largest absolute Gasteiger partial charge is 0.326 e. The van der Waals surface area contributed by atoms with Crippen molar-refractivity contribution in [3.8, 4) is 0 Å². The lowest BCUT2D eigenvalue weighted by atomic mass is 10.1. The number of unbranched alkanes of at least 4 members (excludes halogenated alkanes) is 2. The standard InChI is InChI=1S/C14H21NO/c1-4-5-6-7-14(16)15-13-9-8-11(2)10-12(13)3/h8-10H,4-7H2,1-3H3,(H,15,16). The molecule has 0 saturated carbocycles. The van der Waals surface area contributed by atoms with E-state index in [4.69, 9.17) is 0 Å². The third-order valence-electron chi connectivity index (χ3n) is 2.66. The van der Waals surface area contributed by atoms with Crippen LogP contribution >= 0.6 is 0 Å². The summed E-state index contributed by atoms with van der Waals surface area (Å²) >= 11 is 0. The van der Waals surface area contributed by atoms with Gasteiger partial charge < -0.3 is 5.32 Å². The molecule has 0 fully saturated rings. The van der Waals surface area contributed by atoms with Gasteiger partial charge in [0.25, 0.3) is 0 Å². The number of carbonyl (C=O) groups excluding carboxylic acids is 1. The Labute approximate surface area is 98.1 Å². The van der Waals surface area contributed by atoms with Gasteiger partial charge in [-0.25, -0.2) is 0 Å². The van der Waals surface area contributed by atoms with E-state index in [0.717, 1.165) is 30.5 Å². The van der Waals surface area contributed by atoms with Crippen molar-refractivity contribution in [2.24, 2.45) is 0 Å². The zero-order valence-electron chi connectivity index (χ0n) is 10.5. The van der Waals surface area contributed by atoms with E-state index in [1.54, 1.807) is 0 Å². The predicted octanol–water partition coefficient (Wildman–Crippen LogP) is 3.82. The van der Waals surface area contributed by atoms with Crippen molar-refractivity contribution in [3.05, 3.63) is 29.3 Å². The molecule has 1 aromatic carbocycles. The lowest BCUT2D eigenvalue weighted by Gasteiger charge is -2.08. The molecule has 2 heteroatoms. The summed E-state index contributed by atoms with van der Waals surface area (Å²) in [6.07, 6.45) is 3.88. The average molecular weight is 219 g/mol. The maximum absolute atomic E-state index is 11.6. The second-order valence-electron chi connectivity index (χ2n) is 4.32. The summed E-state index contributed by atoms with van der Waals surface area (Å²) in [6, 6.07) is 6.08. The Morgan fingerprint density at radius 1 is 1.25 bits per heavy atom. The monoisotopic (exact) mass is 219 g/mol. The van der Waals surface area contributed by atoms with Gasteiger partial charge in [-0.3, -0.25) is 4.79 Å². The highest BCUT2D eigenvalue weighted by Gasteiger charge is 2.04. The number of rotatable bonds is 5. The minimum atomic E-state index is 0.125. The molecule has 1 rings (SSSR count).